The molecule has 0 atom stereocenters. The van der Waals surface area contributed by atoms with Crippen LogP contribution in [0.1, 0.15) is 22.3 Å². The Morgan fingerprint density at radius 3 is 2.10 bits per heavy atom. The van der Waals surface area contributed by atoms with Gasteiger partial charge in [0, 0.05) is 12.2 Å². The van der Waals surface area contributed by atoms with Gasteiger partial charge in [-0.25, -0.2) is 9.59 Å². The van der Waals surface area contributed by atoms with Gasteiger partial charge in [0.2, 0.25) is 0 Å². The van der Waals surface area contributed by atoms with E-state index in [2.05, 4.69) is 40.2 Å². The smallest absolute Gasteiger partial charge is 0.342 e. The monoisotopic (exact) mass is 402 g/mol. The maximum atomic E-state index is 11.2. The van der Waals surface area contributed by atoms with Crippen LogP contribution in [0.4, 0.5) is 0 Å². The Morgan fingerprint density at radius 2 is 1.55 bits per heavy atom. The van der Waals surface area contributed by atoms with Gasteiger partial charge in [-0.2, -0.15) is 0 Å². The molecular formula is C14H12Br2O4. The van der Waals surface area contributed by atoms with E-state index in [0.29, 0.717) is 0 Å². The summed E-state index contributed by atoms with van der Waals surface area (Å²) in [7, 11) is 0. The molecule has 0 aliphatic carbocycles. The molecule has 1 aromatic rings. The number of carbonyl (C=O) groups excluding carboxylic acids is 2. The molecule has 0 spiro atoms. The number of rotatable bonds is 4. The molecule has 1 aromatic carbocycles. The third-order valence-electron chi connectivity index (χ3n) is 2.76. The second-order valence-electron chi connectivity index (χ2n) is 3.97. The van der Waals surface area contributed by atoms with Crippen molar-refractivity contribution in [3.63, 3.8) is 0 Å². The van der Waals surface area contributed by atoms with Gasteiger partial charge in [-0.3, -0.25) is 0 Å². The van der Waals surface area contributed by atoms with Crippen LogP contribution in [0.2, 0.25) is 0 Å². The Bertz CT molecular complexity index is 577. The highest BCUT2D eigenvalue weighted by Gasteiger charge is 2.05. The first-order valence-corrected chi connectivity index (χ1v) is 6.90. The maximum Gasteiger partial charge on any atom is 0.342 e. The van der Waals surface area contributed by atoms with E-state index < -0.39 is 11.9 Å². The molecule has 0 radical (unpaired) electrons. The third-order valence-corrected chi connectivity index (χ3v) is 3.39. The van der Waals surface area contributed by atoms with Crippen LogP contribution in [0, 0.1) is 13.8 Å². The van der Waals surface area contributed by atoms with Crippen molar-refractivity contribution >= 4 is 56.6 Å². The van der Waals surface area contributed by atoms with Gasteiger partial charge < -0.3 is 7.66 Å². The summed E-state index contributed by atoms with van der Waals surface area (Å²) in [6, 6.07) is 3.80. The molecule has 0 fully saturated rings. The van der Waals surface area contributed by atoms with Crippen molar-refractivity contribution in [3.05, 3.63) is 46.5 Å². The van der Waals surface area contributed by atoms with Gasteiger partial charge in [0.1, 0.15) is 0 Å². The van der Waals surface area contributed by atoms with Crippen LogP contribution >= 0.6 is 32.5 Å². The molecule has 0 bridgehead atoms. The summed E-state index contributed by atoms with van der Waals surface area (Å²) >= 11 is 5.23. The Hall–Kier alpha value is -1.40. The zero-order valence-electron chi connectivity index (χ0n) is 10.9. The number of halogens is 2. The number of hydrogen-bond acceptors (Lipinski definition) is 4. The van der Waals surface area contributed by atoms with Crippen molar-refractivity contribution in [3.8, 4) is 0 Å². The molecule has 0 saturated carbocycles. The predicted molar refractivity (Wildman–Crippen MR) is 84.0 cm³/mol. The van der Waals surface area contributed by atoms with Crippen molar-refractivity contribution in [2.45, 2.75) is 13.8 Å². The molecule has 0 heterocycles. The van der Waals surface area contributed by atoms with Crippen LogP contribution in [0.3, 0.4) is 0 Å². The lowest BCUT2D eigenvalue weighted by Gasteiger charge is -2.08. The molecule has 0 unspecified atom stereocenters. The molecule has 0 aliphatic heterocycles. The number of aryl methyl sites for hydroxylation is 1. The van der Waals surface area contributed by atoms with Crippen molar-refractivity contribution in [1.29, 1.82) is 0 Å². The third kappa shape index (κ3) is 4.61. The van der Waals surface area contributed by atoms with Gasteiger partial charge in [-0.05, 0) is 48.3 Å². The van der Waals surface area contributed by atoms with E-state index in [9.17, 15) is 9.59 Å². The van der Waals surface area contributed by atoms with E-state index in [4.69, 9.17) is 0 Å². The van der Waals surface area contributed by atoms with E-state index in [1.165, 1.54) is 12.2 Å². The molecule has 0 amide bonds. The highest BCUT2D eigenvalue weighted by atomic mass is 79.9. The minimum atomic E-state index is -0.516. The average Bonchev–Trinajstić information content (AvgIpc) is 2.46. The second kappa shape index (κ2) is 8.01. The van der Waals surface area contributed by atoms with Gasteiger partial charge in [0.15, 0.2) is 32.5 Å². The number of hydrogen-bond donors (Lipinski definition) is 0. The Kier molecular flexibility index (Phi) is 6.67. The van der Waals surface area contributed by atoms with Crippen LogP contribution in [0.15, 0.2) is 24.3 Å². The van der Waals surface area contributed by atoms with Crippen LogP contribution in [-0.2, 0) is 17.2 Å². The lowest BCUT2D eigenvalue weighted by atomic mass is 9.97. The topological polar surface area (TPSA) is 52.6 Å². The van der Waals surface area contributed by atoms with E-state index >= 15 is 0 Å². The fourth-order valence-corrected chi connectivity index (χ4v) is 1.80. The van der Waals surface area contributed by atoms with Gasteiger partial charge in [-0.1, -0.05) is 12.1 Å². The van der Waals surface area contributed by atoms with E-state index in [0.717, 1.165) is 22.3 Å². The van der Waals surface area contributed by atoms with Crippen molar-refractivity contribution in [2.24, 2.45) is 0 Å². The Balaban J connectivity index is 3.21. The molecular weight excluding hydrogens is 392 g/mol. The molecule has 0 aromatic heterocycles. The van der Waals surface area contributed by atoms with E-state index in [1.807, 2.05) is 26.0 Å². The lowest BCUT2D eigenvalue weighted by molar-refractivity contribution is -0.127. The summed E-state index contributed by atoms with van der Waals surface area (Å²) in [5.74, 6) is -1.03. The van der Waals surface area contributed by atoms with Gasteiger partial charge in [0.05, 0.1) is 0 Å². The zero-order chi connectivity index (χ0) is 15.1. The SMILES string of the molecule is Cc1ccc(C=CC(=O)OBr)c(C=CC(=O)OBr)c1C. The summed E-state index contributed by atoms with van der Waals surface area (Å²) in [6.07, 6.45) is 5.86. The standard InChI is InChI=1S/C14H12Br2O4/c1-9-3-4-11(5-7-13(17)19-15)12(10(9)2)6-8-14(18)20-16/h3-8H,1-2H3. The minimum absolute atomic E-state index is 0.513. The number of benzene rings is 1. The summed E-state index contributed by atoms with van der Waals surface area (Å²) in [4.78, 5) is 22.3. The molecule has 106 valence electrons. The summed E-state index contributed by atoms with van der Waals surface area (Å²) in [6.45, 7) is 3.91. The highest BCUT2D eigenvalue weighted by molar-refractivity contribution is 9.06. The normalized spacial score (nSPS) is 11.0. The summed E-state index contributed by atoms with van der Waals surface area (Å²) in [5, 5.41) is 0. The molecule has 0 saturated heterocycles. The fraction of sp³-hybridized carbons (Fsp3) is 0.143. The highest BCUT2D eigenvalue weighted by Crippen LogP contribution is 2.21. The van der Waals surface area contributed by atoms with Crippen molar-refractivity contribution in [1.82, 2.24) is 0 Å². The number of carbonyl (C=O) groups is 2. The molecule has 6 heteroatoms. The quantitative estimate of drug-likeness (QED) is 0.712. The van der Waals surface area contributed by atoms with Crippen LogP contribution in [0.25, 0.3) is 12.2 Å². The van der Waals surface area contributed by atoms with Crippen LogP contribution in [-0.4, -0.2) is 11.9 Å². The van der Waals surface area contributed by atoms with Crippen molar-refractivity contribution in [2.75, 3.05) is 0 Å². The van der Waals surface area contributed by atoms with E-state index in [-0.39, 0.29) is 0 Å². The van der Waals surface area contributed by atoms with E-state index in [1.54, 1.807) is 12.2 Å². The Morgan fingerprint density at radius 1 is 1.00 bits per heavy atom. The van der Waals surface area contributed by atoms with Gasteiger partial charge in [-0.15, -0.1) is 0 Å². The summed E-state index contributed by atoms with van der Waals surface area (Å²) in [5.41, 5.74) is 3.72. The predicted octanol–water partition coefficient (Wildman–Crippen LogP) is 4.04. The molecule has 0 N–H and O–H groups in total. The van der Waals surface area contributed by atoms with Gasteiger partial charge >= 0.3 is 11.9 Å². The minimum Gasteiger partial charge on any atom is -0.380 e. The molecule has 4 nitrogen and oxygen atoms in total. The molecule has 1 rings (SSSR count). The summed E-state index contributed by atoms with van der Waals surface area (Å²) < 4.78 is 8.76. The molecule has 20 heavy (non-hydrogen) atoms. The van der Waals surface area contributed by atoms with Crippen LogP contribution < -0.4 is 0 Å². The second-order valence-corrected chi connectivity index (χ2v) is 4.62. The fourth-order valence-electron chi connectivity index (χ4n) is 1.59. The lowest BCUT2D eigenvalue weighted by Crippen LogP contribution is -1.94. The van der Waals surface area contributed by atoms with Crippen LogP contribution in [0.5, 0.6) is 0 Å². The first kappa shape index (κ1) is 16.7. The molecule has 0 aliphatic rings. The van der Waals surface area contributed by atoms with Gasteiger partial charge in [0.25, 0.3) is 0 Å². The van der Waals surface area contributed by atoms with Crippen molar-refractivity contribution < 1.29 is 17.2 Å². The first-order valence-electron chi connectivity index (χ1n) is 5.61. The largest absolute Gasteiger partial charge is 0.380 e. The first-order chi connectivity index (χ1) is 9.49. The average molecular weight is 404 g/mol. The maximum absolute atomic E-state index is 11.2. The zero-order valence-corrected chi connectivity index (χ0v) is 14.0. The Labute approximate surface area is 134 Å².